The minimum absolute atomic E-state index is 0.214. The van der Waals surface area contributed by atoms with Crippen LogP contribution in [-0.4, -0.2) is 25.8 Å². The standard InChI is InChI=1S/C13H16O3S/c1-9(3-4-14)10-7-11-12(8-13(10)17-2)16-6-5-15-11/h4,7-9H,3,5-6H2,1-2H3. The van der Waals surface area contributed by atoms with Crippen molar-refractivity contribution in [2.75, 3.05) is 19.5 Å². The molecule has 1 aromatic carbocycles. The van der Waals surface area contributed by atoms with E-state index in [0.717, 1.165) is 28.2 Å². The van der Waals surface area contributed by atoms with E-state index in [4.69, 9.17) is 9.47 Å². The summed E-state index contributed by atoms with van der Waals surface area (Å²) < 4.78 is 11.1. The van der Waals surface area contributed by atoms with Crippen LogP contribution in [0.1, 0.15) is 24.8 Å². The molecule has 0 saturated heterocycles. The molecule has 0 amide bonds. The van der Waals surface area contributed by atoms with Gasteiger partial charge in [-0.15, -0.1) is 11.8 Å². The molecular formula is C13H16O3S. The molecule has 0 N–H and O–H groups in total. The van der Waals surface area contributed by atoms with E-state index in [1.807, 2.05) is 18.4 Å². The van der Waals surface area contributed by atoms with Gasteiger partial charge in [0.15, 0.2) is 11.5 Å². The van der Waals surface area contributed by atoms with Crippen molar-refractivity contribution in [3.8, 4) is 11.5 Å². The van der Waals surface area contributed by atoms with Gasteiger partial charge in [-0.1, -0.05) is 6.92 Å². The van der Waals surface area contributed by atoms with E-state index in [1.165, 1.54) is 0 Å². The number of hydrogen-bond donors (Lipinski definition) is 0. The maximum Gasteiger partial charge on any atom is 0.162 e. The van der Waals surface area contributed by atoms with E-state index in [1.54, 1.807) is 11.8 Å². The third kappa shape index (κ3) is 2.57. The number of carbonyl (C=O) groups is 1. The Balaban J connectivity index is 2.39. The fourth-order valence-electron chi connectivity index (χ4n) is 1.92. The van der Waals surface area contributed by atoms with E-state index in [0.29, 0.717) is 19.6 Å². The van der Waals surface area contributed by atoms with E-state index >= 15 is 0 Å². The number of fused-ring (bicyclic) bond motifs is 1. The number of benzene rings is 1. The maximum atomic E-state index is 10.6. The van der Waals surface area contributed by atoms with Crippen LogP contribution in [0.3, 0.4) is 0 Å². The van der Waals surface area contributed by atoms with E-state index in [-0.39, 0.29) is 5.92 Å². The first-order valence-electron chi connectivity index (χ1n) is 5.67. The normalized spacial score (nSPS) is 15.4. The summed E-state index contributed by atoms with van der Waals surface area (Å²) in [6, 6.07) is 4.02. The van der Waals surface area contributed by atoms with Crippen molar-refractivity contribution >= 4 is 18.0 Å². The summed E-state index contributed by atoms with van der Waals surface area (Å²) >= 11 is 1.67. The van der Waals surface area contributed by atoms with Crippen molar-refractivity contribution in [3.63, 3.8) is 0 Å². The summed E-state index contributed by atoms with van der Waals surface area (Å²) in [5, 5.41) is 0. The highest BCUT2D eigenvalue weighted by Crippen LogP contribution is 2.39. The van der Waals surface area contributed by atoms with Crippen molar-refractivity contribution in [3.05, 3.63) is 17.7 Å². The van der Waals surface area contributed by atoms with Gasteiger partial charge in [0.05, 0.1) is 0 Å². The Morgan fingerprint density at radius 1 is 1.35 bits per heavy atom. The number of hydrogen-bond acceptors (Lipinski definition) is 4. The molecule has 1 unspecified atom stereocenters. The van der Waals surface area contributed by atoms with Gasteiger partial charge in [-0.25, -0.2) is 0 Å². The Morgan fingerprint density at radius 3 is 2.59 bits per heavy atom. The number of rotatable bonds is 4. The Kier molecular flexibility index (Phi) is 3.94. The van der Waals surface area contributed by atoms with Crippen LogP contribution in [0.15, 0.2) is 17.0 Å². The van der Waals surface area contributed by atoms with Gasteiger partial charge >= 0.3 is 0 Å². The first-order chi connectivity index (χ1) is 8.26. The molecule has 1 aliphatic rings. The molecule has 1 heterocycles. The second kappa shape index (κ2) is 5.45. The van der Waals surface area contributed by atoms with Gasteiger partial charge in [-0.2, -0.15) is 0 Å². The molecule has 1 aliphatic heterocycles. The summed E-state index contributed by atoms with van der Waals surface area (Å²) in [5.41, 5.74) is 1.16. The highest BCUT2D eigenvalue weighted by atomic mass is 32.2. The zero-order chi connectivity index (χ0) is 12.3. The fraction of sp³-hybridized carbons (Fsp3) is 0.462. The SMILES string of the molecule is CSc1cc2c(cc1C(C)CC=O)OCCO2. The number of aldehydes is 1. The molecule has 0 radical (unpaired) electrons. The van der Waals surface area contributed by atoms with Gasteiger partial charge in [0.1, 0.15) is 19.5 Å². The lowest BCUT2D eigenvalue weighted by Crippen LogP contribution is -2.16. The molecule has 17 heavy (non-hydrogen) atoms. The van der Waals surface area contributed by atoms with Gasteiger partial charge in [0.2, 0.25) is 0 Å². The van der Waals surface area contributed by atoms with Gasteiger partial charge in [0.25, 0.3) is 0 Å². The second-order valence-corrected chi connectivity index (χ2v) is 4.89. The summed E-state index contributed by atoms with van der Waals surface area (Å²) in [5.74, 6) is 1.82. The minimum atomic E-state index is 0.214. The quantitative estimate of drug-likeness (QED) is 0.610. The Hall–Kier alpha value is -1.16. The molecule has 0 aliphatic carbocycles. The van der Waals surface area contributed by atoms with Crippen molar-refractivity contribution in [1.29, 1.82) is 0 Å². The second-order valence-electron chi connectivity index (χ2n) is 4.04. The van der Waals surface area contributed by atoms with Crippen molar-refractivity contribution in [2.24, 2.45) is 0 Å². The molecular weight excluding hydrogens is 236 g/mol. The van der Waals surface area contributed by atoms with Crippen LogP contribution >= 0.6 is 11.8 Å². The van der Waals surface area contributed by atoms with Gasteiger partial charge in [-0.3, -0.25) is 0 Å². The van der Waals surface area contributed by atoms with E-state index in [2.05, 4.69) is 6.92 Å². The number of thioether (sulfide) groups is 1. The number of carbonyl (C=O) groups excluding carboxylic acids is 1. The third-order valence-corrected chi connectivity index (χ3v) is 3.67. The highest BCUT2D eigenvalue weighted by Gasteiger charge is 2.18. The van der Waals surface area contributed by atoms with Gasteiger partial charge < -0.3 is 14.3 Å². The smallest absolute Gasteiger partial charge is 0.162 e. The Labute approximate surface area is 105 Å². The van der Waals surface area contributed by atoms with Crippen molar-refractivity contribution < 1.29 is 14.3 Å². The predicted octanol–water partition coefficient (Wildman–Crippen LogP) is 2.87. The number of ether oxygens (including phenoxy) is 2. The van der Waals surface area contributed by atoms with Crippen LogP contribution < -0.4 is 9.47 Å². The third-order valence-electron chi connectivity index (χ3n) is 2.88. The van der Waals surface area contributed by atoms with E-state index < -0.39 is 0 Å². The van der Waals surface area contributed by atoms with E-state index in [9.17, 15) is 4.79 Å². The van der Waals surface area contributed by atoms with Crippen LogP contribution in [0.25, 0.3) is 0 Å². The summed E-state index contributed by atoms with van der Waals surface area (Å²) in [4.78, 5) is 11.8. The molecule has 0 bridgehead atoms. The molecule has 0 fully saturated rings. The summed E-state index contributed by atoms with van der Waals surface area (Å²) in [7, 11) is 0. The molecule has 92 valence electrons. The highest BCUT2D eigenvalue weighted by molar-refractivity contribution is 7.98. The average Bonchev–Trinajstić information content (AvgIpc) is 2.37. The van der Waals surface area contributed by atoms with Gasteiger partial charge in [-0.05, 0) is 29.9 Å². The average molecular weight is 252 g/mol. The monoisotopic (exact) mass is 252 g/mol. The molecule has 0 aromatic heterocycles. The molecule has 1 aromatic rings. The molecule has 3 nitrogen and oxygen atoms in total. The molecule has 0 spiro atoms. The molecule has 0 saturated carbocycles. The zero-order valence-corrected chi connectivity index (χ0v) is 10.9. The van der Waals surface area contributed by atoms with Crippen molar-refractivity contribution in [1.82, 2.24) is 0 Å². The first kappa shape index (κ1) is 12.3. The predicted molar refractivity (Wildman–Crippen MR) is 68.3 cm³/mol. The lowest BCUT2D eigenvalue weighted by molar-refractivity contribution is -0.108. The minimum Gasteiger partial charge on any atom is -0.486 e. The Bertz CT molecular complexity index is 417. The van der Waals surface area contributed by atoms with Crippen LogP contribution in [0.5, 0.6) is 11.5 Å². The zero-order valence-electron chi connectivity index (χ0n) is 10.1. The summed E-state index contributed by atoms with van der Waals surface area (Å²) in [6.45, 7) is 3.25. The van der Waals surface area contributed by atoms with Crippen LogP contribution in [0.4, 0.5) is 0 Å². The van der Waals surface area contributed by atoms with Crippen molar-refractivity contribution in [2.45, 2.75) is 24.2 Å². The van der Waals surface area contributed by atoms with Crippen LogP contribution in [0, 0.1) is 0 Å². The largest absolute Gasteiger partial charge is 0.486 e. The fourth-order valence-corrected chi connectivity index (χ4v) is 2.64. The molecule has 4 heteroatoms. The van der Waals surface area contributed by atoms with Crippen LogP contribution in [-0.2, 0) is 4.79 Å². The molecule has 1 atom stereocenters. The first-order valence-corrected chi connectivity index (χ1v) is 6.90. The lowest BCUT2D eigenvalue weighted by Gasteiger charge is -2.22. The van der Waals surface area contributed by atoms with Crippen LogP contribution in [0.2, 0.25) is 0 Å². The molecule has 2 rings (SSSR count). The van der Waals surface area contributed by atoms with Gasteiger partial charge in [0, 0.05) is 11.3 Å². The maximum absolute atomic E-state index is 10.6. The lowest BCUT2D eigenvalue weighted by atomic mass is 9.98. The summed E-state index contributed by atoms with van der Waals surface area (Å²) in [6.07, 6.45) is 3.53. The Morgan fingerprint density at radius 2 is 2.00 bits per heavy atom. The topological polar surface area (TPSA) is 35.5 Å².